The third-order valence-electron chi connectivity index (χ3n) is 7.69. The van der Waals surface area contributed by atoms with E-state index in [4.69, 9.17) is 4.63 Å². The molecule has 0 bridgehead atoms. The quantitative estimate of drug-likeness (QED) is 0.229. The Morgan fingerprint density at radius 2 is 1.83 bits per heavy atom. The smallest absolute Gasteiger partial charge is 0.349 e. The Balaban J connectivity index is 1.41. The number of H-pyrrole nitrogens is 1. The lowest BCUT2D eigenvalue weighted by atomic mass is 9.84. The molecule has 2 aliphatic rings. The van der Waals surface area contributed by atoms with Gasteiger partial charge in [0.05, 0.1) is 28.5 Å². The minimum Gasteiger partial charge on any atom is -0.349 e. The molecule has 41 heavy (non-hydrogen) atoms. The van der Waals surface area contributed by atoms with Gasteiger partial charge in [-0.2, -0.15) is 13.2 Å². The van der Waals surface area contributed by atoms with Crippen LogP contribution in [0.15, 0.2) is 22.8 Å². The highest BCUT2D eigenvalue weighted by Gasteiger charge is 2.49. The highest BCUT2D eigenvalue weighted by atomic mass is 19.4. The monoisotopic (exact) mass is 582 g/mol. The number of amides is 2. The Labute approximate surface area is 232 Å². The second-order valence-electron chi connectivity index (χ2n) is 11.6. The van der Waals surface area contributed by atoms with E-state index in [9.17, 15) is 31.5 Å². The molecule has 0 spiro atoms. The van der Waals surface area contributed by atoms with Gasteiger partial charge in [-0.1, -0.05) is 25.1 Å². The van der Waals surface area contributed by atoms with Crippen molar-refractivity contribution in [1.29, 1.82) is 0 Å². The van der Waals surface area contributed by atoms with Crippen molar-refractivity contribution in [3.63, 3.8) is 0 Å². The Morgan fingerprint density at radius 3 is 2.46 bits per heavy atom. The van der Waals surface area contributed by atoms with E-state index in [1.54, 1.807) is 18.2 Å². The third-order valence-corrected chi connectivity index (χ3v) is 7.69. The summed E-state index contributed by atoms with van der Waals surface area (Å²) in [6.07, 6.45) is -5.08. The molecule has 2 fully saturated rings. The number of nitrogens with one attached hydrogen (secondary N) is 3. The lowest BCUT2D eigenvalue weighted by molar-refractivity contribution is -0.215. The summed E-state index contributed by atoms with van der Waals surface area (Å²) in [6, 6.07) is 3.61. The molecule has 9 nitrogen and oxygen atoms in total. The van der Waals surface area contributed by atoms with E-state index in [1.807, 2.05) is 0 Å². The fraction of sp³-hybridized carbons (Fsp3) is 0.593. The van der Waals surface area contributed by atoms with Crippen LogP contribution < -0.4 is 10.6 Å². The van der Waals surface area contributed by atoms with Crippen molar-refractivity contribution >= 4 is 22.8 Å². The molecule has 2 amide bonds. The Kier molecular flexibility index (Phi) is 7.77. The largest absolute Gasteiger partial charge is 0.394 e. The predicted octanol–water partition coefficient (Wildman–Crippen LogP) is 5.89. The number of nitrogens with zero attached hydrogens (tertiary/aromatic N) is 3. The van der Waals surface area contributed by atoms with Gasteiger partial charge in [0.25, 0.3) is 5.91 Å². The number of halogens is 5. The molecule has 0 saturated heterocycles. The first kappa shape index (κ1) is 28.9. The lowest BCUT2D eigenvalue weighted by Gasteiger charge is -2.31. The molecular weight excluding hydrogens is 551 g/mol. The molecule has 0 unspecified atom stereocenters. The Morgan fingerprint density at radius 1 is 1.10 bits per heavy atom. The third kappa shape index (κ3) is 6.67. The van der Waals surface area contributed by atoms with Gasteiger partial charge in [-0.3, -0.25) is 9.59 Å². The van der Waals surface area contributed by atoms with E-state index in [0.717, 1.165) is 45.1 Å². The van der Waals surface area contributed by atoms with E-state index in [0.29, 0.717) is 16.7 Å². The normalized spacial score (nSPS) is 17.6. The van der Waals surface area contributed by atoms with Crippen LogP contribution in [0.5, 0.6) is 0 Å². The van der Waals surface area contributed by atoms with Gasteiger partial charge < -0.3 is 15.6 Å². The average molecular weight is 583 g/mol. The molecule has 222 valence electrons. The van der Waals surface area contributed by atoms with Crippen molar-refractivity contribution in [1.82, 2.24) is 30.9 Å². The van der Waals surface area contributed by atoms with Crippen LogP contribution in [0.1, 0.15) is 104 Å². The van der Waals surface area contributed by atoms with Crippen LogP contribution in [-0.2, 0) is 4.79 Å². The molecule has 2 heterocycles. The fourth-order valence-corrected chi connectivity index (χ4v) is 4.84. The van der Waals surface area contributed by atoms with Gasteiger partial charge in [-0.25, -0.2) is 18.4 Å². The molecule has 2 aromatic heterocycles. The van der Waals surface area contributed by atoms with Crippen LogP contribution >= 0.6 is 0 Å². The minimum atomic E-state index is -4.55. The zero-order chi connectivity index (χ0) is 29.5. The maximum Gasteiger partial charge on any atom is 0.394 e. The van der Waals surface area contributed by atoms with E-state index >= 15 is 0 Å². The Hall–Kier alpha value is -3.58. The number of hydrogen-bond donors (Lipinski definition) is 3. The summed E-state index contributed by atoms with van der Waals surface area (Å²) in [5.74, 6) is -0.875. The summed E-state index contributed by atoms with van der Waals surface area (Å²) in [5, 5.41) is 13.0. The van der Waals surface area contributed by atoms with Crippen molar-refractivity contribution in [2.45, 2.75) is 89.4 Å². The van der Waals surface area contributed by atoms with Gasteiger partial charge in [-0.15, -0.1) is 0 Å². The fourth-order valence-electron chi connectivity index (χ4n) is 4.84. The van der Waals surface area contributed by atoms with Gasteiger partial charge in [0, 0.05) is 18.8 Å². The van der Waals surface area contributed by atoms with Crippen molar-refractivity contribution in [2.75, 3.05) is 0 Å². The predicted molar refractivity (Wildman–Crippen MR) is 136 cm³/mol. The SMILES string of the molecule is CC(C)(C[C@H](NC(=O)c1nonc1C1CC1)c1nc2ccc([C@H](NC(=O)CCC(F)F)C3CC3)cc2[nH]1)C(F)(F)F. The van der Waals surface area contributed by atoms with E-state index < -0.39 is 54.8 Å². The van der Waals surface area contributed by atoms with Gasteiger partial charge >= 0.3 is 6.18 Å². The van der Waals surface area contributed by atoms with Gasteiger partial charge in [0.15, 0.2) is 5.69 Å². The van der Waals surface area contributed by atoms with Crippen molar-refractivity contribution in [3.8, 4) is 0 Å². The summed E-state index contributed by atoms with van der Waals surface area (Å²) < 4.78 is 71.5. The molecule has 1 aromatic carbocycles. The molecule has 2 saturated carbocycles. The summed E-state index contributed by atoms with van der Waals surface area (Å²) >= 11 is 0. The average Bonchev–Trinajstić information content (AvgIpc) is 3.83. The lowest BCUT2D eigenvalue weighted by Crippen LogP contribution is -2.39. The highest BCUT2D eigenvalue weighted by Crippen LogP contribution is 2.45. The first-order chi connectivity index (χ1) is 19.3. The summed E-state index contributed by atoms with van der Waals surface area (Å²) in [4.78, 5) is 33.0. The topological polar surface area (TPSA) is 126 Å². The van der Waals surface area contributed by atoms with Crippen LogP contribution in [0, 0.1) is 11.3 Å². The van der Waals surface area contributed by atoms with Gasteiger partial charge in [0.1, 0.15) is 11.5 Å². The molecule has 14 heteroatoms. The number of carbonyl (C=O) groups is 2. The number of hydrogen-bond acceptors (Lipinski definition) is 6. The van der Waals surface area contributed by atoms with Crippen molar-refractivity contribution < 1.29 is 36.2 Å². The Bertz CT molecular complexity index is 1410. The summed E-state index contributed by atoms with van der Waals surface area (Å²) in [5.41, 5.74) is -0.179. The molecule has 3 aromatic rings. The summed E-state index contributed by atoms with van der Waals surface area (Å²) in [7, 11) is 0. The number of rotatable bonds is 12. The van der Waals surface area contributed by atoms with Gasteiger partial charge in [-0.05, 0) is 60.9 Å². The summed E-state index contributed by atoms with van der Waals surface area (Å²) in [6.45, 7) is 2.11. The van der Waals surface area contributed by atoms with Gasteiger partial charge in [0.2, 0.25) is 12.3 Å². The number of fused-ring (bicyclic) bond motifs is 1. The highest BCUT2D eigenvalue weighted by molar-refractivity contribution is 5.93. The molecular formula is C27H31F5N6O3. The standard InChI is InChI=1S/C27H31F5N6O3/c1-26(2,27(30,31)32)12-18(35-25(40)23-22(14-5-6-14)37-41-38-23)24-33-16-8-7-15(11-17(16)34-24)21(13-3-4-13)36-20(39)10-9-19(28)29/h7-8,11,13-14,18-19,21H,3-6,9-10,12H2,1-2H3,(H,33,34)(H,35,40)(H,36,39)/t18-,21+/m0/s1. The van der Waals surface area contributed by atoms with Crippen molar-refractivity contribution in [3.05, 3.63) is 41.0 Å². The maximum atomic E-state index is 13.9. The second kappa shape index (κ2) is 11.0. The number of aromatic amines is 1. The first-order valence-corrected chi connectivity index (χ1v) is 13.6. The molecule has 5 rings (SSSR count). The van der Waals surface area contributed by atoms with Crippen LogP contribution in [-0.4, -0.2) is 44.7 Å². The maximum absolute atomic E-state index is 13.9. The second-order valence-corrected chi connectivity index (χ2v) is 11.6. The first-order valence-electron chi connectivity index (χ1n) is 13.6. The number of benzene rings is 1. The number of imidazole rings is 1. The molecule has 2 aliphatic carbocycles. The molecule has 2 atom stereocenters. The van der Waals surface area contributed by atoms with Crippen LogP contribution in [0.4, 0.5) is 22.0 Å². The molecule has 0 radical (unpaired) electrons. The van der Waals surface area contributed by atoms with Crippen molar-refractivity contribution in [2.24, 2.45) is 11.3 Å². The number of carbonyl (C=O) groups excluding carboxylic acids is 2. The van der Waals surface area contributed by atoms with E-state index in [-0.39, 0.29) is 29.8 Å². The zero-order valence-electron chi connectivity index (χ0n) is 22.5. The minimum absolute atomic E-state index is 0.0342. The van der Waals surface area contributed by atoms with E-state index in [2.05, 4.69) is 30.9 Å². The van der Waals surface area contributed by atoms with Crippen LogP contribution in [0.2, 0.25) is 0 Å². The van der Waals surface area contributed by atoms with Crippen LogP contribution in [0.25, 0.3) is 11.0 Å². The van der Waals surface area contributed by atoms with E-state index in [1.165, 1.54) is 0 Å². The zero-order valence-corrected chi connectivity index (χ0v) is 22.5. The molecule has 3 N–H and O–H groups in total. The number of aromatic nitrogens is 4. The van der Waals surface area contributed by atoms with Crippen LogP contribution in [0.3, 0.4) is 0 Å². The molecule has 0 aliphatic heterocycles. The number of alkyl halides is 5.